The van der Waals surface area contributed by atoms with Gasteiger partial charge in [-0.15, -0.1) is 0 Å². The van der Waals surface area contributed by atoms with E-state index >= 15 is 0 Å². The molecule has 2 aromatic carbocycles. The van der Waals surface area contributed by atoms with E-state index in [1.54, 1.807) is 21.9 Å². The van der Waals surface area contributed by atoms with E-state index in [2.05, 4.69) is 10.3 Å². The number of aromatic nitrogens is 1. The molecular weight excluding hydrogens is 540 g/mol. The molecule has 0 radical (unpaired) electrons. The summed E-state index contributed by atoms with van der Waals surface area (Å²) < 4.78 is 16.4. The first kappa shape index (κ1) is 30.3. The molecule has 0 atom stereocenters. The zero-order valence-corrected chi connectivity index (χ0v) is 24.2. The standard InChI is InChI=1S/C31H36N4O7/c1-4-5-17-41-31(39)35-15-13-34(14-16-35)25(36)19-32-29(37)27-28(40-3)26(23-12-11-21(2)18-24(23)33-27)30(38)42-20-22-9-7-6-8-10-22/h6-12,18H,4-5,13-17,19-20H2,1-3H3,(H,32,37). The van der Waals surface area contributed by atoms with E-state index in [-0.39, 0.29) is 42.2 Å². The minimum Gasteiger partial charge on any atom is -0.493 e. The number of aryl methyl sites for hydroxylation is 1. The molecule has 1 aliphatic rings. The summed E-state index contributed by atoms with van der Waals surface area (Å²) in [5.41, 5.74) is 2.07. The highest BCUT2D eigenvalue weighted by molar-refractivity contribution is 6.10. The fraction of sp³-hybridized carbons (Fsp3) is 0.387. The van der Waals surface area contributed by atoms with Gasteiger partial charge in [-0.25, -0.2) is 14.6 Å². The zero-order chi connectivity index (χ0) is 30.1. The van der Waals surface area contributed by atoms with Crippen LogP contribution in [0.2, 0.25) is 0 Å². The normalized spacial score (nSPS) is 13.0. The summed E-state index contributed by atoms with van der Waals surface area (Å²) in [7, 11) is 1.35. The number of rotatable bonds is 10. The third kappa shape index (κ3) is 7.34. The number of nitrogens with one attached hydrogen (secondary N) is 1. The lowest BCUT2D eigenvalue weighted by atomic mass is 10.0. The van der Waals surface area contributed by atoms with Gasteiger partial charge < -0.3 is 29.3 Å². The Hall–Kier alpha value is -4.67. The van der Waals surface area contributed by atoms with Crippen LogP contribution in [0.4, 0.5) is 4.79 Å². The third-order valence-corrected chi connectivity index (χ3v) is 6.95. The lowest BCUT2D eigenvalue weighted by molar-refractivity contribution is -0.131. The summed E-state index contributed by atoms with van der Waals surface area (Å²) in [4.78, 5) is 59.3. The number of esters is 1. The molecule has 222 valence electrons. The summed E-state index contributed by atoms with van der Waals surface area (Å²) in [6.45, 7) is 5.36. The molecular formula is C31H36N4O7. The van der Waals surface area contributed by atoms with Crippen LogP contribution < -0.4 is 10.1 Å². The van der Waals surface area contributed by atoms with Crippen molar-refractivity contribution in [1.29, 1.82) is 0 Å². The number of methoxy groups -OCH3 is 1. The number of hydrogen-bond donors (Lipinski definition) is 1. The van der Waals surface area contributed by atoms with E-state index in [9.17, 15) is 19.2 Å². The number of ether oxygens (including phenoxy) is 3. The molecule has 1 N–H and O–H groups in total. The van der Waals surface area contributed by atoms with Crippen LogP contribution in [0.15, 0.2) is 48.5 Å². The average molecular weight is 577 g/mol. The number of pyridine rings is 1. The highest BCUT2D eigenvalue weighted by Crippen LogP contribution is 2.31. The molecule has 1 aromatic heterocycles. The van der Waals surface area contributed by atoms with Crippen molar-refractivity contribution >= 4 is 34.8 Å². The second kappa shape index (κ2) is 14.3. The number of piperazine rings is 1. The van der Waals surface area contributed by atoms with Gasteiger partial charge in [0, 0.05) is 31.6 Å². The van der Waals surface area contributed by atoms with E-state index in [4.69, 9.17) is 14.2 Å². The van der Waals surface area contributed by atoms with Crippen LogP contribution in [0, 0.1) is 6.92 Å². The molecule has 3 aromatic rings. The monoisotopic (exact) mass is 576 g/mol. The highest BCUT2D eigenvalue weighted by Gasteiger charge is 2.28. The van der Waals surface area contributed by atoms with Gasteiger partial charge in [0.1, 0.15) is 12.2 Å². The summed E-state index contributed by atoms with van der Waals surface area (Å²) >= 11 is 0. The van der Waals surface area contributed by atoms with Crippen LogP contribution in [0.5, 0.6) is 5.75 Å². The Labute approximate surface area is 244 Å². The molecule has 42 heavy (non-hydrogen) atoms. The van der Waals surface area contributed by atoms with Crippen molar-refractivity contribution in [2.45, 2.75) is 33.3 Å². The van der Waals surface area contributed by atoms with Crippen molar-refractivity contribution < 1.29 is 33.4 Å². The van der Waals surface area contributed by atoms with E-state index in [0.717, 1.165) is 24.0 Å². The topological polar surface area (TPSA) is 127 Å². The average Bonchev–Trinajstić information content (AvgIpc) is 3.01. The van der Waals surface area contributed by atoms with Gasteiger partial charge >= 0.3 is 12.1 Å². The first-order valence-electron chi connectivity index (χ1n) is 14.0. The van der Waals surface area contributed by atoms with Gasteiger partial charge in [0.2, 0.25) is 5.91 Å². The second-order valence-electron chi connectivity index (χ2n) is 9.97. The number of carbonyl (C=O) groups excluding carboxylic acids is 4. The molecule has 11 heteroatoms. The predicted octanol–water partition coefficient (Wildman–Crippen LogP) is 3.72. The third-order valence-electron chi connectivity index (χ3n) is 6.95. The lowest BCUT2D eigenvalue weighted by Crippen LogP contribution is -2.52. The van der Waals surface area contributed by atoms with Gasteiger partial charge in [-0.1, -0.05) is 55.8 Å². The maximum atomic E-state index is 13.3. The molecule has 0 saturated carbocycles. The number of nitrogens with zero attached hydrogens (tertiary/aromatic N) is 3. The molecule has 2 heterocycles. The Bertz CT molecular complexity index is 1440. The number of hydrogen-bond acceptors (Lipinski definition) is 8. The summed E-state index contributed by atoms with van der Waals surface area (Å²) in [6, 6.07) is 14.6. The molecule has 0 spiro atoms. The summed E-state index contributed by atoms with van der Waals surface area (Å²) in [6.07, 6.45) is 1.35. The Morgan fingerprint density at radius 2 is 1.67 bits per heavy atom. The van der Waals surface area contributed by atoms with Crippen molar-refractivity contribution in [1.82, 2.24) is 20.1 Å². The van der Waals surface area contributed by atoms with Crippen LogP contribution in [0.25, 0.3) is 10.9 Å². The molecule has 1 saturated heterocycles. The van der Waals surface area contributed by atoms with Crippen LogP contribution in [0.1, 0.15) is 51.7 Å². The van der Waals surface area contributed by atoms with Gasteiger partial charge in [0.05, 0.1) is 25.8 Å². The van der Waals surface area contributed by atoms with E-state index in [0.29, 0.717) is 43.7 Å². The molecule has 4 rings (SSSR count). The van der Waals surface area contributed by atoms with Crippen molar-refractivity contribution in [2.24, 2.45) is 0 Å². The van der Waals surface area contributed by atoms with Crippen LogP contribution in [-0.2, 0) is 20.9 Å². The van der Waals surface area contributed by atoms with Gasteiger partial charge in [0.25, 0.3) is 5.91 Å². The number of unbranched alkanes of at least 4 members (excludes halogenated alkanes) is 1. The van der Waals surface area contributed by atoms with Crippen molar-refractivity contribution in [2.75, 3.05) is 46.4 Å². The molecule has 1 fully saturated rings. The Morgan fingerprint density at radius 1 is 0.952 bits per heavy atom. The Balaban J connectivity index is 1.46. The fourth-order valence-electron chi connectivity index (χ4n) is 4.59. The maximum absolute atomic E-state index is 13.3. The molecule has 0 unspecified atom stereocenters. The largest absolute Gasteiger partial charge is 0.493 e. The number of benzene rings is 2. The zero-order valence-electron chi connectivity index (χ0n) is 24.2. The molecule has 1 aliphatic heterocycles. The van der Waals surface area contributed by atoms with Crippen molar-refractivity contribution in [3.05, 3.63) is 70.9 Å². The van der Waals surface area contributed by atoms with Crippen LogP contribution >= 0.6 is 0 Å². The van der Waals surface area contributed by atoms with Crippen molar-refractivity contribution in [3.8, 4) is 5.75 Å². The van der Waals surface area contributed by atoms with Gasteiger partial charge in [-0.2, -0.15) is 0 Å². The molecule has 0 aliphatic carbocycles. The van der Waals surface area contributed by atoms with E-state index in [1.165, 1.54) is 7.11 Å². The lowest BCUT2D eigenvalue weighted by Gasteiger charge is -2.34. The first-order chi connectivity index (χ1) is 20.3. The van der Waals surface area contributed by atoms with Crippen LogP contribution in [0.3, 0.4) is 0 Å². The van der Waals surface area contributed by atoms with E-state index in [1.807, 2.05) is 50.2 Å². The fourth-order valence-corrected chi connectivity index (χ4v) is 4.59. The smallest absolute Gasteiger partial charge is 0.409 e. The minimum atomic E-state index is -0.668. The Morgan fingerprint density at radius 3 is 2.36 bits per heavy atom. The SMILES string of the molecule is CCCCOC(=O)N1CCN(C(=O)CNC(=O)c2nc3cc(C)ccc3c(C(=O)OCc3ccccc3)c2OC)CC1. The van der Waals surface area contributed by atoms with Gasteiger partial charge in [0.15, 0.2) is 11.4 Å². The number of amides is 3. The molecule has 11 nitrogen and oxygen atoms in total. The second-order valence-corrected chi connectivity index (χ2v) is 9.97. The quantitative estimate of drug-likeness (QED) is 0.286. The highest BCUT2D eigenvalue weighted by atomic mass is 16.6. The molecule has 0 bridgehead atoms. The van der Waals surface area contributed by atoms with Gasteiger partial charge in [-0.3, -0.25) is 9.59 Å². The summed E-state index contributed by atoms with van der Waals surface area (Å²) in [5.74, 6) is -1.67. The number of fused-ring (bicyclic) bond motifs is 1. The van der Waals surface area contributed by atoms with Crippen LogP contribution in [-0.4, -0.2) is 85.1 Å². The maximum Gasteiger partial charge on any atom is 0.409 e. The minimum absolute atomic E-state index is 0.0374. The first-order valence-corrected chi connectivity index (χ1v) is 14.0. The Kier molecular flexibility index (Phi) is 10.3. The summed E-state index contributed by atoms with van der Waals surface area (Å²) in [5, 5.41) is 3.09. The molecule has 3 amide bonds. The van der Waals surface area contributed by atoms with Crippen molar-refractivity contribution in [3.63, 3.8) is 0 Å². The van der Waals surface area contributed by atoms with E-state index < -0.39 is 11.9 Å². The van der Waals surface area contributed by atoms with Gasteiger partial charge in [-0.05, 0) is 30.5 Å². The number of carbonyl (C=O) groups is 4. The predicted molar refractivity (Wildman–Crippen MR) is 155 cm³/mol.